The smallest absolute Gasteiger partial charge is 0.410 e. The van der Waals surface area contributed by atoms with Crippen molar-refractivity contribution in [1.82, 2.24) is 10.2 Å². The first-order chi connectivity index (χ1) is 12.4. The molecule has 2 amide bonds. The van der Waals surface area contributed by atoms with E-state index in [1.54, 1.807) is 6.92 Å². The number of amides is 2. The number of ether oxygens (including phenoxy) is 1. The number of hydrogen-bond donors (Lipinski definition) is 2. The zero-order chi connectivity index (χ0) is 19.1. The van der Waals surface area contributed by atoms with Crippen LogP contribution in [-0.4, -0.2) is 46.6 Å². The molecule has 26 heavy (non-hydrogen) atoms. The first-order valence-electron chi connectivity index (χ1n) is 8.94. The van der Waals surface area contributed by atoms with Gasteiger partial charge >= 0.3 is 12.1 Å². The van der Waals surface area contributed by atoms with Crippen LogP contribution in [0.2, 0.25) is 0 Å². The zero-order valence-corrected chi connectivity index (χ0v) is 15.2. The van der Waals surface area contributed by atoms with Crippen LogP contribution in [0.4, 0.5) is 4.79 Å². The number of likely N-dealkylation sites (tertiary alicyclic amines) is 1. The van der Waals surface area contributed by atoms with E-state index >= 15 is 0 Å². The Balaban J connectivity index is 1.96. The summed E-state index contributed by atoms with van der Waals surface area (Å²) in [4.78, 5) is 37.7. The Labute approximate surface area is 153 Å². The molecule has 1 saturated heterocycles. The monoisotopic (exact) mass is 362 g/mol. The van der Waals surface area contributed by atoms with Crippen molar-refractivity contribution in [3.63, 3.8) is 0 Å². The summed E-state index contributed by atoms with van der Waals surface area (Å²) in [6, 6.07) is 7.64. The van der Waals surface area contributed by atoms with E-state index in [1.807, 2.05) is 37.3 Å². The summed E-state index contributed by atoms with van der Waals surface area (Å²) >= 11 is 0. The predicted octanol–water partition coefficient (Wildman–Crippen LogP) is 2.40. The number of carbonyl (C=O) groups excluding carboxylic acids is 2. The molecular formula is C19H26N2O5. The van der Waals surface area contributed by atoms with E-state index in [0.717, 1.165) is 5.56 Å². The lowest BCUT2D eigenvalue weighted by Gasteiger charge is -2.26. The van der Waals surface area contributed by atoms with Crippen LogP contribution in [0.25, 0.3) is 0 Å². The molecule has 1 aliphatic heterocycles. The lowest BCUT2D eigenvalue weighted by Crippen LogP contribution is -2.52. The lowest BCUT2D eigenvalue weighted by atomic mass is 9.99. The number of carboxylic acids is 1. The molecule has 0 radical (unpaired) electrons. The van der Waals surface area contributed by atoms with E-state index < -0.39 is 30.1 Å². The third-order valence-corrected chi connectivity index (χ3v) is 4.77. The molecule has 1 aromatic rings. The Morgan fingerprint density at radius 1 is 1.31 bits per heavy atom. The molecule has 0 saturated carbocycles. The summed E-state index contributed by atoms with van der Waals surface area (Å²) in [6.07, 6.45) is 1.26. The second kappa shape index (κ2) is 9.22. The van der Waals surface area contributed by atoms with Gasteiger partial charge in [0.1, 0.15) is 18.7 Å². The van der Waals surface area contributed by atoms with Gasteiger partial charge in [-0.2, -0.15) is 0 Å². The Kier molecular flexibility index (Phi) is 7.00. The van der Waals surface area contributed by atoms with Crippen LogP contribution >= 0.6 is 0 Å². The Morgan fingerprint density at radius 3 is 2.62 bits per heavy atom. The quantitative estimate of drug-likeness (QED) is 0.776. The number of benzene rings is 1. The normalized spacial score (nSPS) is 18.8. The molecule has 1 aromatic carbocycles. The number of rotatable bonds is 7. The highest BCUT2D eigenvalue weighted by Crippen LogP contribution is 2.20. The summed E-state index contributed by atoms with van der Waals surface area (Å²) in [7, 11) is 0. The Bertz CT molecular complexity index is 634. The van der Waals surface area contributed by atoms with Gasteiger partial charge in [-0.3, -0.25) is 9.69 Å². The number of nitrogens with one attached hydrogen (secondary N) is 1. The van der Waals surface area contributed by atoms with E-state index in [2.05, 4.69) is 5.32 Å². The Morgan fingerprint density at radius 2 is 2.00 bits per heavy atom. The molecule has 7 heteroatoms. The average molecular weight is 362 g/mol. The third-order valence-electron chi connectivity index (χ3n) is 4.77. The van der Waals surface area contributed by atoms with E-state index in [-0.39, 0.29) is 12.5 Å². The minimum Gasteiger partial charge on any atom is -0.480 e. The molecule has 0 spiro atoms. The zero-order valence-electron chi connectivity index (χ0n) is 15.2. The van der Waals surface area contributed by atoms with Crippen LogP contribution in [0, 0.1) is 5.92 Å². The molecule has 0 aliphatic carbocycles. The Hall–Kier alpha value is -2.57. The van der Waals surface area contributed by atoms with Crippen molar-refractivity contribution in [1.29, 1.82) is 0 Å². The topological polar surface area (TPSA) is 95.9 Å². The van der Waals surface area contributed by atoms with Gasteiger partial charge in [0.2, 0.25) is 5.91 Å². The highest BCUT2D eigenvalue weighted by Gasteiger charge is 2.37. The third kappa shape index (κ3) is 4.97. The number of hydrogen-bond acceptors (Lipinski definition) is 4. The lowest BCUT2D eigenvalue weighted by molar-refractivity contribution is -0.144. The molecule has 2 N–H and O–H groups in total. The van der Waals surface area contributed by atoms with Crippen molar-refractivity contribution >= 4 is 18.0 Å². The van der Waals surface area contributed by atoms with Crippen molar-refractivity contribution in [2.45, 2.75) is 51.8 Å². The van der Waals surface area contributed by atoms with Crippen LogP contribution in [0.1, 0.15) is 38.7 Å². The summed E-state index contributed by atoms with van der Waals surface area (Å²) in [6.45, 7) is 4.21. The minimum absolute atomic E-state index is 0.134. The van der Waals surface area contributed by atoms with Gasteiger partial charge in [-0.25, -0.2) is 9.59 Å². The standard InChI is InChI=1S/C19H26N2O5/c1-3-13(2)16(18(23)24)20-17(22)15-10-7-11-21(15)19(25)26-12-14-8-5-4-6-9-14/h4-6,8-9,13,15-16H,3,7,10-12H2,1-2H3,(H,20,22)(H,23,24)/t13-,15+,16+/m1/s1. The fourth-order valence-electron chi connectivity index (χ4n) is 2.99. The van der Waals surface area contributed by atoms with Gasteiger partial charge < -0.3 is 15.2 Å². The maximum absolute atomic E-state index is 12.5. The summed E-state index contributed by atoms with van der Waals surface area (Å²) in [5, 5.41) is 11.9. The molecule has 0 aromatic heterocycles. The van der Waals surface area contributed by atoms with Crippen LogP contribution < -0.4 is 5.32 Å². The van der Waals surface area contributed by atoms with Gasteiger partial charge in [0.05, 0.1) is 0 Å². The van der Waals surface area contributed by atoms with Crippen LogP contribution in [0.3, 0.4) is 0 Å². The van der Waals surface area contributed by atoms with E-state index in [0.29, 0.717) is 25.8 Å². The number of carboxylic acid groups (broad SMARTS) is 1. The highest BCUT2D eigenvalue weighted by atomic mass is 16.6. The molecule has 0 bridgehead atoms. The second-order valence-electron chi connectivity index (χ2n) is 6.60. The first-order valence-corrected chi connectivity index (χ1v) is 8.94. The number of carbonyl (C=O) groups is 3. The summed E-state index contributed by atoms with van der Waals surface area (Å²) in [5.41, 5.74) is 0.865. The molecule has 2 rings (SSSR count). The molecule has 1 heterocycles. The molecule has 3 atom stereocenters. The van der Waals surface area contributed by atoms with Crippen molar-refractivity contribution in [2.75, 3.05) is 6.54 Å². The summed E-state index contributed by atoms with van der Waals surface area (Å²) < 4.78 is 5.30. The second-order valence-corrected chi connectivity index (χ2v) is 6.60. The number of aliphatic carboxylic acids is 1. The fourth-order valence-corrected chi connectivity index (χ4v) is 2.99. The van der Waals surface area contributed by atoms with Gasteiger partial charge in [-0.15, -0.1) is 0 Å². The van der Waals surface area contributed by atoms with Gasteiger partial charge in [-0.1, -0.05) is 50.6 Å². The molecule has 1 aliphatic rings. The predicted molar refractivity (Wildman–Crippen MR) is 95.4 cm³/mol. The van der Waals surface area contributed by atoms with Crippen LogP contribution in [0.5, 0.6) is 0 Å². The molecular weight excluding hydrogens is 336 g/mol. The van der Waals surface area contributed by atoms with Crippen molar-refractivity contribution < 1.29 is 24.2 Å². The molecule has 0 unspecified atom stereocenters. The largest absolute Gasteiger partial charge is 0.480 e. The SMILES string of the molecule is CC[C@@H](C)[C@H](NC(=O)[C@@H]1CCCN1C(=O)OCc1ccccc1)C(=O)O. The average Bonchev–Trinajstić information content (AvgIpc) is 3.14. The minimum atomic E-state index is -1.07. The van der Waals surface area contributed by atoms with Crippen molar-refractivity contribution in [2.24, 2.45) is 5.92 Å². The van der Waals surface area contributed by atoms with E-state index in [9.17, 15) is 19.5 Å². The summed E-state index contributed by atoms with van der Waals surface area (Å²) in [5.74, 6) is -1.70. The van der Waals surface area contributed by atoms with Crippen LogP contribution in [-0.2, 0) is 20.9 Å². The molecule has 142 valence electrons. The van der Waals surface area contributed by atoms with Gasteiger partial charge in [0.15, 0.2) is 0 Å². The van der Waals surface area contributed by atoms with Gasteiger partial charge in [-0.05, 0) is 24.3 Å². The molecule has 7 nitrogen and oxygen atoms in total. The number of nitrogens with zero attached hydrogens (tertiary/aromatic N) is 1. The fraction of sp³-hybridized carbons (Fsp3) is 0.526. The maximum Gasteiger partial charge on any atom is 0.410 e. The first kappa shape index (κ1) is 19.8. The highest BCUT2D eigenvalue weighted by molar-refractivity contribution is 5.89. The van der Waals surface area contributed by atoms with Crippen molar-refractivity contribution in [3.05, 3.63) is 35.9 Å². The van der Waals surface area contributed by atoms with E-state index in [1.165, 1.54) is 4.90 Å². The van der Waals surface area contributed by atoms with Crippen molar-refractivity contribution in [3.8, 4) is 0 Å². The maximum atomic E-state index is 12.5. The van der Waals surface area contributed by atoms with Crippen LogP contribution in [0.15, 0.2) is 30.3 Å². The van der Waals surface area contributed by atoms with Gasteiger partial charge in [0.25, 0.3) is 0 Å². The molecule has 1 fully saturated rings. The van der Waals surface area contributed by atoms with E-state index in [4.69, 9.17) is 4.74 Å². The van der Waals surface area contributed by atoms with Gasteiger partial charge in [0, 0.05) is 6.54 Å².